The van der Waals surface area contributed by atoms with Crippen LogP contribution in [-0.4, -0.2) is 0 Å². The van der Waals surface area contributed by atoms with Crippen LogP contribution in [0.1, 0.15) is 0 Å². The summed E-state index contributed by atoms with van der Waals surface area (Å²) in [6.45, 7) is 0. The fourth-order valence-corrected chi connectivity index (χ4v) is 7.66. The predicted octanol–water partition coefficient (Wildman–Crippen LogP) is 12.5. The van der Waals surface area contributed by atoms with Crippen LogP contribution in [0.4, 0.5) is 0 Å². The lowest BCUT2D eigenvalue weighted by Crippen LogP contribution is -1.89. The molecule has 10 rings (SSSR count). The summed E-state index contributed by atoms with van der Waals surface area (Å²) in [5, 5.41) is 18.3. The lowest BCUT2D eigenvalue weighted by molar-refractivity contribution is 1.67. The Morgan fingerprint density at radius 3 is 1.61 bits per heavy atom. The van der Waals surface area contributed by atoms with Crippen LogP contribution in [0.25, 0.3) is 97.7 Å². The van der Waals surface area contributed by atoms with Gasteiger partial charge in [0.2, 0.25) is 0 Å². The van der Waals surface area contributed by atoms with Crippen molar-refractivity contribution in [3.05, 3.63) is 158 Å². The largest absolute Gasteiger partial charge is 0.0616 e. The zero-order valence-electron chi connectivity index (χ0n) is 24.0. The fourth-order valence-electron chi connectivity index (χ4n) is 7.66. The topological polar surface area (TPSA) is 0 Å². The summed E-state index contributed by atoms with van der Waals surface area (Å²) in [5.41, 5.74) is 5.02. The minimum absolute atomic E-state index is 1.24. The van der Waals surface area contributed by atoms with Gasteiger partial charge in [0, 0.05) is 0 Å². The Kier molecular flexibility index (Phi) is 4.81. The molecule has 0 aromatic heterocycles. The molecule has 44 heavy (non-hydrogen) atoms. The molecular weight excluding hydrogens is 528 g/mol. The van der Waals surface area contributed by atoms with Crippen LogP contribution in [0, 0.1) is 0 Å². The van der Waals surface area contributed by atoms with E-state index >= 15 is 0 Å². The molecule has 0 aliphatic carbocycles. The first-order valence-electron chi connectivity index (χ1n) is 15.3. The Morgan fingerprint density at radius 2 is 0.750 bits per heavy atom. The van der Waals surface area contributed by atoms with Crippen LogP contribution in [0.3, 0.4) is 0 Å². The van der Waals surface area contributed by atoms with Gasteiger partial charge in [-0.25, -0.2) is 0 Å². The summed E-state index contributed by atoms with van der Waals surface area (Å²) in [4.78, 5) is 0. The van der Waals surface area contributed by atoms with Crippen molar-refractivity contribution in [2.24, 2.45) is 0 Å². The van der Waals surface area contributed by atoms with Crippen molar-refractivity contribution in [3.8, 4) is 22.3 Å². The highest BCUT2D eigenvalue weighted by Gasteiger charge is 2.16. The molecule has 10 aromatic carbocycles. The van der Waals surface area contributed by atoms with Gasteiger partial charge in [-0.05, 0) is 116 Å². The van der Waals surface area contributed by atoms with Crippen LogP contribution in [-0.2, 0) is 0 Å². The van der Waals surface area contributed by atoms with Gasteiger partial charge in [-0.15, -0.1) is 0 Å². The molecule has 0 bridgehead atoms. The van der Waals surface area contributed by atoms with E-state index in [1.54, 1.807) is 0 Å². The van der Waals surface area contributed by atoms with Crippen LogP contribution >= 0.6 is 0 Å². The Bertz CT molecular complexity index is 2760. The van der Waals surface area contributed by atoms with Crippen molar-refractivity contribution in [2.45, 2.75) is 0 Å². The molecule has 0 atom stereocenters. The molecule has 0 saturated carbocycles. The van der Waals surface area contributed by atoms with Gasteiger partial charge in [0.25, 0.3) is 0 Å². The third-order valence-corrected chi connectivity index (χ3v) is 9.76. The average Bonchev–Trinajstić information content (AvgIpc) is 3.10. The van der Waals surface area contributed by atoms with E-state index in [0.717, 1.165) is 0 Å². The highest BCUT2D eigenvalue weighted by atomic mass is 14.2. The number of benzene rings is 10. The normalized spacial score (nSPS) is 12.1. The van der Waals surface area contributed by atoms with Crippen LogP contribution < -0.4 is 0 Å². The third kappa shape index (κ3) is 3.34. The van der Waals surface area contributed by atoms with Gasteiger partial charge in [-0.1, -0.05) is 140 Å². The molecule has 0 saturated heterocycles. The van der Waals surface area contributed by atoms with Gasteiger partial charge in [0.05, 0.1) is 0 Å². The highest BCUT2D eigenvalue weighted by molar-refractivity contribution is 6.35. The molecule has 10 aromatic rings. The Labute approximate surface area is 254 Å². The van der Waals surface area contributed by atoms with Gasteiger partial charge < -0.3 is 0 Å². The summed E-state index contributed by atoms with van der Waals surface area (Å²) in [5.74, 6) is 0. The SMILES string of the molecule is c1ccc2c(c1)ccc1cc(-c3ccc4ccc(-c5ccc6c7ccccc7c7cccc8ccc5c6c87)cc4c3)ccc12. The summed E-state index contributed by atoms with van der Waals surface area (Å²) < 4.78 is 0. The van der Waals surface area contributed by atoms with Crippen molar-refractivity contribution < 1.29 is 0 Å². The third-order valence-electron chi connectivity index (χ3n) is 9.76. The van der Waals surface area contributed by atoms with Crippen molar-refractivity contribution in [1.82, 2.24) is 0 Å². The van der Waals surface area contributed by atoms with Gasteiger partial charge in [0.15, 0.2) is 0 Å². The number of rotatable bonds is 2. The zero-order valence-corrected chi connectivity index (χ0v) is 24.0. The Hall–Kier alpha value is -5.72. The van der Waals surface area contributed by atoms with Gasteiger partial charge in [-0.2, -0.15) is 0 Å². The number of fused-ring (bicyclic) bond motifs is 7. The van der Waals surface area contributed by atoms with Crippen molar-refractivity contribution in [1.29, 1.82) is 0 Å². The molecule has 0 heteroatoms. The van der Waals surface area contributed by atoms with E-state index in [9.17, 15) is 0 Å². The van der Waals surface area contributed by atoms with Crippen LogP contribution in [0.2, 0.25) is 0 Å². The maximum Gasteiger partial charge on any atom is -0.00141 e. The molecule has 0 aliphatic heterocycles. The van der Waals surface area contributed by atoms with Crippen molar-refractivity contribution in [2.75, 3.05) is 0 Å². The molecule has 0 radical (unpaired) electrons. The van der Waals surface area contributed by atoms with Crippen LogP contribution in [0.5, 0.6) is 0 Å². The molecule has 0 amide bonds. The summed E-state index contributed by atoms with van der Waals surface area (Å²) in [6.07, 6.45) is 0. The standard InChI is InChI=1S/C44H26/c1-2-8-35-28(6-1)14-17-32-24-31(19-20-36(32)35)30-15-12-27-13-16-33(26-34(27)25-30)37-22-23-42-39-10-4-3-9-38(39)40-11-5-7-29-18-21-41(37)44(42)43(29)40/h1-26H. The first-order valence-corrected chi connectivity index (χ1v) is 15.3. The van der Waals surface area contributed by atoms with Gasteiger partial charge in [-0.3, -0.25) is 0 Å². The molecule has 0 unspecified atom stereocenters. The summed E-state index contributed by atoms with van der Waals surface area (Å²) in [6, 6.07) is 58.6. The van der Waals surface area contributed by atoms with Gasteiger partial charge >= 0.3 is 0 Å². The lowest BCUT2D eigenvalue weighted by Gasteiger charge is -2.17. The second-order valence-electron chi connectivity index (χ2n) is 12.1. The maximum absolute atomic E-state index is 2.37. The van der Waals surface area contributed by atoms with E-state index in [1.165, 1.54) is 97.7 Å². The number of hydrogen-bond donors (Lipinski definition) is 0. The Balaban J connectivity index is 1.16. The molecule has 0 nitrogen and oxygen atoms in total. The molecule has 0 heterocycles. The summed E-state index contributed by atoms with van der Waals surface area (Å²) in [7, 11) is 0. The first kappa shape index (κ1) is 23.8. The average molecular weight is 555 g/mol. The van der Waals surface area contributed by atoms with E-state index in [0.29, 0.717) is 0 Å². The second kappa shape index (κ2) is 8.89. The molecule has 0 N–H and O–H groups in total. The number of hydrogen-bond acceptors (Lipinski definition) is 0. The van der Waals surface area contributed by atoms with Gasteiger partial charge in [0.1, 0.15) is 0 Å². The van der Waals surface area contributed by atoms with E-state index in [-0.39, 0.29) is 0 Å². The quantitative estimate of drug-likeness (QED) is 0.147. The minimum atomic E-state index is 1.24. The highest BCUT2D eigenvalue weighted by Crippen LogP contribution is 2.44. The fraction of sp³-hybridized carbons (Fsp3) is 0. The summed E-state index contributed by atoms with van der Waals surface area (Å²) >= 11 is 0. The van der Waals surface area contributed by atoms with E-state index in [1.807, 2.05) is 0 Å². The van der Waals surface area contributed by atoms with Crippen LogP contribution in [0.15, 0.2) is 158 Å². The van der Waals surface area contributed by atoms with Crippen molar-refractivity contribution >= 4 is 75.4 Å². The first-order chi connectivity index (χ1) is 21.8. The lowest BCUT2D eigenvalue weighted by atomic mass is 9.86. The monoisotopic (exact) mass is 554 g/mol. The molecular formula is C44H26. The maximum atomic E-state index is 2.37. The molecule has 0 fully saturated rings. The zero-order chi connectivity index (χ0) is 28.8. The molecule has 0 aliphatic rings. The van der Waals surface area contributed by atoms with E-state index < -0.39 is 0 Å². The predicted molar refractivity (Wildman–Crippen MR) is 191 cm³/mol. The van der Waals surface area contributed by atoms with E-state index in [2.05, 4.69) is 158 Å². The molecule has 202 valence electrons. The minimum Gasteiger partial charge on any atom is -0.0616 e. The second-order valence-corrected chi connectivity index (χ2v) is 12.1. The smallest absolute Gasteiger partial charge is 0.00141 e. The Morgan fingerprint density at radius 1 is 0.227 bits per heavy atom. The molecule has 0 spiro atoms. The van der Waals surface area contributed by atoms with Crippen molar-refractivity contribution in [3.63, 3.8) is 0 Å². The van der Waals surface area contributed by atoms with E-state index in [4.69, 9.17) is 0 Å².